The Kier molecular flexibility index (Phi) is 2.68. The zero-order chi connectivity index (χ0) is 11.7. The van der Waals surface area contributed by atoms with E-state index in [0.717, 1.165) is 36.4 Å². The smallest absolute Gasteiger partial charge is 0.256 e. The molecule has 3 rings (SSSR count). The van der Waals surface area contributed by atoms with Gasteiger partial charge >= 0.3 is 4.87 Å². The summed E-state index contributed by atoms with van der Waals surface area (Å²) in [4.78, 5) is 17.2. The second kappa shape index (κ2) is 4.33. The van der Waals surface area contributed by atoms with Gasteiger partial charge in [-0.15, -0.1) is 0 Å². The van der Waals surface area contributed by atoms with Crippen molar-refractivity contribution in [1.82, 2.24) is 9.36 Å². The lowest BCUT2D eigenvalue weighted by molar-refractivity contribution is 0.345. The molecule has 17 heavy (non-hydrogen) atoms. The summed E-state index contributed by atoms with van der Waals surface area (Å²) < 4.78 is 3.80. The number of hydrogen-bond acceptors (Lipinski definition) is 3. The van der Waals surface area contributed by atoms with Gasteiger partial charge in [0.25, 0.3) is 0 Å². The fourth-order valence-electron chi connectivity index (χ4n) is 2.03. The zero-order valence-corrected chi connectivity index (χ0v) is 10.2. The predicted molar refractivity (Wildman–Crippen MR) is 67.5 cm³/mol. The lowest BCUT2D eigenvalue weighted by Gasteiger charge is -2.15. The van der Waals surface area contributed by atoms with E-state index in [1.807, 2.05) is 35.0 Å². The number of hydrogen-bond donors (Lipinski definition) is 0. The first-order chi connectivity index (χ1) is 8.34. The van der Waals surface area contributed by atoms with Crippen LogP contribution in [0.4, 0.5) is 5.69 Å². The van der Waals surface area contributed by atoms with Crippen molar-refractivity contribution in [2.45, 2.75) is 25.9 Å². The van der Waals surface area contributed by atoms with Crippen molar-refractivity contribution in [3.63, 3.8) is 0 Å². The van der Waals surface area contributed by atoms with Gasteiger partial charge < -0.3 is 0 Å². The predicted octanol–water partition coefficient (Wildman–Crippen LogP) is 1.74. The van der Waals surface area contributed by atoms with E-state index in [9.17, 15) is 4.79 Å². The van der Waals surface area contributed by atoms with E-state index in [0.29, 0.717) is 0 Å². The molecule has 0 unspecified atom stereocenters. The van der Waals surface area contributed by atoms with Crippen LogP contribution in [-0.4, -0.2) is 9.36 Å². The molecule has 1 aromatic carbocycles. The average molecular weight is 247 g/mol. The van der Waals surface area contributed by atoms with Crippen LogP contribution in [0, 0.1) is 0 Å². The monoisotopic (exact) mass is 247 g/mol. The van der Waals surface area contributed by atoms with Crippen LogP contribution in [0.5, 0.6) is 0 Å². The zero-order valence-electron chi connectivity index (χ0n) is 9.37. The number of benzene rings is 1. The van der Waals surface area contributed by atoms with E-state index in [-0.39, 0.29) is 4.87 Å². The summed E-state index contributed by atoms with van der Waals surface area (Å²) >= 11 is 1.23. The molecule has 2 aromatic rings. The van der Waals surface area contributed by atoms with Gasteiger partial charge in [0.15, 0.2) is 0 Å². The van der Waals surface area contributed by atoms with Crippen molar-refractivity contribution < 1.29 is 0 Å². The van der Waals surface area contributed by atoms with Crippen LogP contribution in [0.25, 0.3) is 0 Å². The molecule has 0 N–H and O–H groups in total. The molecule has 5 heteroatoms. The molecule has 0 atom stereocenters. The van der Waals surface area contributed by atoms with E-state index in [1.54, 1.807) is 4.68 Å². The Balaban J connectivity index is 2.16. The van der Waals surface area contributed by atoms with Gasteiger partial charge in [-0.3, -0.25) is 9.48 Å². The quantitative estimate of drug-likeness (QED) is 0.756. The van der Waals surface area contributed by atoms with Gasteiger partial charge in [-0.1, -0.05) is 18.2 Å². The third-order valence-electron chi connectivity index (χ3n) is 2.87. The molecule has 0 fully saturated rings. The molecular formula is C12H13N3OS. The number of nitrogens with zero attached hydrogens (tertiary/aromatic N) is 3. The van der Waals surface area contributed by atoms with Crippen molar-refractivity contribution in [2.75, 3.05) is 0 Å². The SMILES string of the molecule is O=c1s/c(=N\c2ccccc2)n2n1CCCC2. The molecule has 88 valence electrons. The molecule has 0 radical (unpaired) electrons. The third-order valence-corrected chi connectivity index (χ3v) is 3.74. The Morgan fingerprint density at radius 3 is 2.53 bits per heavy atom. The Morgan fingerprint density at radius 2 is 1.76 bits per heavy atom. The van der Waals surface area contributed by atoms with Crippen molar-refractivity contribution in [2.24, 2.45) is 4.99 Å². The molecule has 0 saturated heterocycles. The number of aromatic nitrogens is 2. The highest BCUT2D eigenvalue weighted by molar-refractivity contribution is 7.06. The topological polar surface area (TPSA) is 39.3 Å². The summed E-state index contributed by atoms with van der Waals surface area (Å²) in [5.41, 5.74) is 0.898. The summed E-state index contributed by atoms with van der Waals surface area (Å²) in [6, 6.07) is 9.77. The Labute approximate surface area is 102 Å². The van der Waals surface area contributed by atoms with Crippen molar-refractivity contribution in [3.8, 4) is 0 Å². The van der Waals surface area contributed by atoms with Crippen LogP contribution in [-0.2, 0) is 13.1 Å². The molecule has 0 aliphatic carbocycles. The molecule has 0 spiro atoms. The molecule has 0 bridgehead atoms. The van der Waals surface area contributed by atoms with E-state index in [4.69, 9.17) is 0 Å². The lowest BCUT2D eigenvalue weighted by atomic mass is 10.3. The molecule has 1 aliphatic heterocycles. The average Bonchev–Trinajstić information content (AvgIpc) is 2.69. The molecule has 2 heterocycles. The summed E-state index contributed by atoms with van der Waals surface area (Å²) in [6.45, 7) is 1.71. The second-order valence-electron chi connectivity index (χ2n) is 4.05. The number of para-hydroxylation sites is 1. The first-order valence-corrected chi connectivity index (χ1v) is 6.57. The molecular weight excluding hydrogens is 234 g/mol. The second-order valence-corrected chi connectivity index (χ2v) is 4.97. The van der Waals surface area contributed by atoms with Crippen molar-refractivity contribution >= 4 is 17.0 Å². The summed E-state index contributed by atoms with van der Waals surface area (Å²) in [5, 5.41) is 0. The number of fused-ring (bicyclic) bond motifs is 1. The van der Waals surface area contributed by atoms with Gasteiger partial charge in [0.1, 0.15) is 0 Å². The van der Waals surface area contributed by atoms with Crippen LogP contribution < -0.4 is 9.67 Å². The summed E-state index contributed by atoms with van der Waals surface area (Å²) in [6.07, 6.45) is 2.21. The molecule has 1 aliphatic rings. The van der Waals surface area contributed by atoms with Crippen molar-refractivity contribution in [3.05, 3.63) is 44.8 Å². The standard InChI is InChI=1S/C12H13N3OS/c16-12-15-9-5-4-8-14(15)11(17-12)13-10-6-2-1-3-7-10/h1-3,6-7H,4-5,8-9H2/b13-11-. The maximum absolute atomic E-state index is 11.8. The van der Waals surface area contributed by atoms with Gasteiger partial charge in [-0.05, 0) is 36.3 Å². The Morgan fingerprint density at radius 1 is 1.06 bits per heavy atom. The number of rotatable bonds is 1. The first-order valence-electron chi connectivity index (χ1n) is 5.75. The van der Waals surface area contributed by atoms with Crippen molar-refractivity contribution in [1.29, 1.82) is 0 Å². The van der Waals surface area contributed by atoms with Crippen LogP contribution in [0.15, 0.2) is 40.1 Å². The Bertz CT molecular complexity index is 636. The largest absolute Gasteiger partial charge is 0.325 e. The molecule has 0 amide bonds. The minimum atomic E-state index is 0.0966. The Hall–Kier alpha value is -1.62. The summed E-state index contributed by atoms with van der Waals surface area (Å²) in [7, 11) is 0. The van der Waals surface area contributed by atoms with Gasteiger partial charge in [0.2, 0.25) is 4.80 Å². The van der Waals surface area contributed by atoms with Crippen LogP contribution >= 0.6 is 11.3 Å². The van der Waals surface area contributed by atoms with Gasteiger partial charge in [0.05, 0.1) is 5.69 Å². The fourth-order valence-corrected chi connectivity index (χ4v) is 2.93. The molecule has 0 saturated carbocycles. The van der Waals surface area contributed by atoms with Crippen LogP contribution in [0.1, 0.15) is 12.8 Å². The minimum Gasteiger partial charge on any atom is -0.256 e. The van der Waals surface area contributed by atoms with Gasteiger partial charge in [0, 0.05) is 13.1 Å². The normalized spacial score (nSPS) is 15.9. The van der Waals surface area contributed by atoms with Gasteiger partial charge in [-0.25, -0.2) is 9.67 Å². The molecule has 1 aromatic heterocycles. The van der Waals surface area contributed by atoms with E-state index >= 15 is 0 Å². The van der Waals surface area contributed by atoms with Crippen LogP contribution in [0.2, 0.25) is 0 Å². The molecule has 4 nitrogen and oxygen atoms in total. The third kappa shape index (κ3) is 1.98. The lowest BCUT2D eigenvalue weighted by Crippen LogP contribution is -2.31. The highest BCUT2D eigenvalue weighted by Gasteiger charge is 2.12. The maximum Gasteiger partial charge on any atom is 0.325 e. The highest BCUT2D eigenvalue weighted by atomic mass is 32.1. The maximum atomic E-state index is 11.8. The summed E-state index contributed by atoms with van der Waals surface area (Å²) in [5.74, 6) is 0. The first kappa shape index (κ1) is 10.5. The fraction of sp³-hybridized carbons (Fsp3) is 0.333. The van der Waals surface area contributed by atoms with Gasteiger partial charge in [-0.2, -0.15) is 0 Å². The minimum absolute atomic E-state index is 0.0966. The van der Waals surface area contributed by atoms with E-state index in [2.05, 4.69) is 4.99 Å². The van der Waals surface area contributed by atoms with E-state index in [1.165, 1.54) is 11.3 Å². The van der Waals surface area contributed by atoms with E-state index < -0.39 is 0 Å². The highest BCUT2D eigenvalue weighted by Crippen LogP contribution is 2.09. The van der Waals surface area contributed by atoms with Crippen LogP contribution in [0.3, 0.4) is 0 Å².